The van der Waals surface area contributed by atoms with Crippen molar-refractivity contribution in [1.29, 1.82) is 0 Å². The molecule has 0 aromatic carbocycles. The van der Waals surface area contributed by atoms with E-state index in [0.29, 0.717) is 11.5 Å². The molecule has 0 fully saturated rings. The second-order valence-corrected chi connectivity index (χ2v) is 11.5. The highest BCUT2D eigenvalue weighted by Crippen LogP contribution is 2.23. The lowest BCUT2D eigenvalue weighted by molar-refractivity contribution is 0.0532. The monoisotopic (exact) mass is 306 g/mol. The fourth-order valence-corrected chi connectivity index (χ4v) is 6.63. The Labute approximate surface area is 104 Å². The summed E-state index contributed by atoms with van der Waals surface area (Å²) in [6, 6.07) is 1.87. The van der Waals surface area contributed by atoms with Crippen LogP contribution in [0.15, 0.2) is 10.5 Å². The molecular formula is C10H15BrO2SSi. The zero-order chi connectivity index (χ0) is 11.6. The average Bonchev–Trinajstić information content (AvgIpc) is 2.47. The number of halogens is 1. The molecule has 1 heterocycles. The first-order chi connectivity index (χ1) is 6.86. The van der Waals surface area contributed by atoms with E-state index in [1.807, 2.05) is 13.0 Å². The maximum absolute atomic E-state index is 11.5. The van der Waals surface area contributed by atoms with Crippen LogP contribution in [0.4, 0.5) is 0 Å². The number of carbonyl (C=O) groups excluding carboxylic acids is 1. The summed E-state index contributed by atoms with van der Waals surface area (Å²) in [5.74, 6) is -0.215. The number of rotatable bonds is 3. The topological polar surface area (TPSA) is 26.3 Å². The molecule has 0 unspecified atom stereocenters. The minimum absolute atomic E-state index is 0.215. The molecular weight excluding hydrogens is 292 g/mol. The van der Waals surface area contributed by atoms with Gasteiger partial charge in [-0.25, -0.2) is 4.79 Å². The highest BCUT2D eigenvalue weighted by molar-refractivity contribution is 9.10. The van der Waals surface area contributed by atoms with E-state index in [4.69, 9.17) is 4.74 Å². The summed E-state index contributed by atoms with van der Waals surface area (Å²) in [7, 11) is -1.36. The summed E-state index contributed by atoms with van der Waals surface area (Å²) >= 11 is 5.06. The fraction of sp³-hybridized carbons (Fsp3) is 0.500. The van der Waals surface area contributed by atoms with Crippen LogP contribution in [0, 0.1) is 0 Å². The van der Waals surface area contributed by atoms with Crippen molar-refractivity contribution in [2.24, 2.45) is 0 Å². The van der Waals surface area contributed by atoms with Gasteiger partial charge in [0.15, 0.2) is 0 Å². The molecule has 0 aliphatic rings. The van der Waals surface area contributed by atoms with Gasteiger partial charge in [0, 0.05) is 8.97 Å². The smallest absolute Gasteiger partial charge is 0.348 e. The Morgan fingerprint density at radius 2 is 2.13 bits per heavy atom. The van der Waals surface area contributed by atoms with Gasteiger partial charge >= 0.3 is 5.97 Å². The van der Waals surface area contributed by atoms with Crippen molar-refractivity contribution in [2.45, 2.75) is 26.6 Å². The Morgan fingerprint density at radius 1 is 1.53 bits per heavy atom. The van der Waals surface area contributed by atoms with Gasteiger partial charge in [-0.1, -0.05) is 35.6 Å². The van der Waals surface area contributed by atoms with Gasteiger partial charge in [-0.2, -0.15) is 0 Å². The van der Waals surface area contributed by atoms with Crippen molar-refractivity contribution in [1.82, 2.24) is 0 Å². The van der Waals surface area contributed by atoms with Gasteiger partial charge in [-0.3, -0.25) is 0 Å². The summed E-state index contributed by atoms with van der Waals surface area (Å²) in [6.45, 7) is 9.03. The van der Waals surface area contributed by atoms with E-state index in [-0.39, 0.29) is 5.97 Å². The molecule has 15 heavy (non-hydrogen) atoms. The maximum Gasteiger partial charge on any atom is 0.348 e. The molecule has 0 spiro atoms. The van der Waals surface area contributed by atoms with Crippen LogP contribution in [0.5, 0.6) is 0 Å². The number of hydrogen-bond acceptors (Lipinski definition) is 3. The first-order valence-corrected chi connectivity index (χ1v) is 9.94. The number of thiophene rings is 1. The molecule has 0 aliphatic heterocycles. The first kappa shape index (κ1) is 12.9. The zero-order valence-corrected chi connectivity index (χ0v) is 12.8. The number of carbonyl (C=O) groups is 1. The van der Waals surface area contributed by atoms with E-state index in [9.17, 15) is 4.79 Å². The van der Waals surface area contributed by atoms with Gasteiger partial charge in [0.2, 0.25) is 0 Å². The minimum atomic E-state index is -1.36. The number of esters is 1. The fourth-order valence-electron chi connectivity index (χ4n) is 1.18. The molecule has 1 aromatic heterocycles. The summed E-state index contributed by atoms with van der Waals surface area (Å²) < 4.78 is 7.34. The van der Waals surface area contributed by atoms with Gasteiger partial charge < -0.3 is 4.74 Å². The predicted molar refractivity (Wildman–Crippen MR) is 71.0 cm³/mol. The van der Waals surface area contributed by atoms with Crippen LogP contribution in [0.1, 0.15) is 16.6 Å². The van der Waals surface area contributed by atoms with E-state index in [2.05, 4.69) is 35.6 Å². The quantitative estimate of drug-likeness (QED) is 0.633. The van der Waals surface area contributed by atoms with Gasteiger partial charge in [0.25, 0.3) is 0 Å². The molecule has 0 atom stereocenters. The van der Waals surface area contributed by atoms with E-state index < -0.39 is 8.07 Å². The number of hydrogen-bond donors (Lipinski definition) is 0. The lowest BCUT2D eigenvalue weighted by Gasteiger charge is -2.13. The molecule has 84 valence electrons. The van der Waals surface area contributed by atoms with Crippen molar-refractivity contribution in [3.63, 3.8) is 0 Å². The largest absolute Gasteiger partial charge is 0.462 e. The Kier molecular flexibility index (Phi) is 4.14. The highest BCUT2D eigenvalue weighted by atomic mass is 79.9. The van der Waals surface area contributed by atoms with E-state index in [1.54, 1.807) is 11.3 Å². The van der Waals surface area contributed by atoms with Crippen molar-refractivity contribution < 1.29 is 9.53 Å². The Hall–Kier alpha value is -0.133. The molecule has 0 saturated heterocycles. The predicted octanol–water partition coefficient (Wildman–Crippen LogP) is 3.23. The van der Waals surface area contributed by atoms with Crippen LogP contribution in [-0.4, -0.2) is 20.7 Å². The van der Waals surface area contributed by atoms with Crippen molar-refractivity contribution in [3.8, 4) is 0 Å². The zero-order valence-electron chi connectivity index (χ0n) is 9.39. The van der Waals surface area contributed by atoms with Gasteiger partial charge in [-0.05, 0) is 13.0 Å². The van der Waals surface area contributed by atoms with Gasteiger partial charge in [0.1, 0.15) is 4.88 Å². The molecule has 0 amide bonds. The second kappa shape index (κ2) is 4.80. The molecule has 1 aromatic rings. The Morgan fingerprint density at radius 3 is 2.53 bits per heavy atom. The third-order valence-corrected chi connectivity index (χ3v) is 7.80. The van der Waals surface area contributed by atoms with Crippen LogP contribution in [0.3, 0.4) is 0 Å². The van der Waals surface area contributed by atoms with Crippen LogP contribution < -0.4 is 4.50 Å². The first-order valence-electron chi connectivity index (χ1n) is 4.83. The van der Waals surface area contributed by atoms with E-state index >= 15 is 0 Å². The molecule has 1 rings (SSSR count). The van der Waals surface area contributed by atoms with Gasteiger partial charge in [-0.15, -0.1) is 11.3 Å². The maximum atomic E-state index is 11.5. The van der Waals surface area contributed by atoms with Crippen LogP contribution in [0.25, 0.3) is 0 Å². The summed E-state index contributed by atoms with van der Waals surface area (Å²) in [5, 5.41) is 0. The van der Waals surface area contributed by atoms with Gasteiger partial charge in [0.05, 0.1) is 14.7 Å². The summed E-state index contributed by atoms with van der Waals surface area (Å²) in [6.07, 6.45) is 0. The van der Waals surface area contributed by atoms with Crippen molar-refractivity contribution in [3.05, 3.63) is 15.4 Å². The van der Waals surface area contributed by atoms with Crippen molar-refractivity contribution >= 4 is 45.8 Å². The lowest BCUT2D eigenvalue weighted by atomic mass is 10.5. The van der Waals surface area contributed by atoms with Crippen LogP contribution in [-0.2, 0) is 4.74 Å². The second-order valence-electron chi connectivity index (χ2n) is 4.26. The summed E-state index contributed by atoms with van der Waals surface area (Å²) in [5.41, 5.74) is 0. The molecule has 0 aliphatic carbocycles. The Balaban J connectivity index is 3.01. The van der Waals surface area contributed by atoms with Crippen LogP contribution in [0.2, 0.25) is 19.6 Å². The molecule has 0 N–H and O–H groups in total. The number of ether oxygens (including phenoxy) is 1. The normalized spacial score (nSPS) is 11.5. The van der Waals surface area contributed by atoms with Crippen molar-refractivity contribution in [2.75, 3.05) is 6.61 Å². The van der Waals surface area contributed by atoms with Crippen LogP contribution >= 0.6 is 27.3 Å². The minimum Gasteiger partial charge on any atom is -0.462 e. The average molecular weight is 307 g/mol. The SMILES string of the molecule is CCOC(=O)c1cc(Br)c([Si](C)(C)C)s1. The molecule has 5 heteroatoms. The van der Waals surface area contributed by atoms with E-state index in [0.717, 1.165) is 4.47 Å². The molecule has 0 radical (unpaired) electrons. The Bertz CT molecular complexity index is 368. The highest BCUT2D eigenvalue weighted by Gasteiger charge is 2.24. The third kappa shape index (κ3) is 3.16. The standard InChI is InChI=1S/C10H15BrO2SSi/c1-5-13-9(12)8-6-7(11)10(14-8)15(2,3)4/h6H,5H2,1-4H3. The van der Waals surface area contributed by atoms with E-state index in [1.165, 1.54) is 4.50 Å². The molecule has 2 nitrogen and oxygen atoms in total. The molecule has 0 saturated carbocycles. The lowest BCUT2D eigenvalue weighted by Crippen LogP contribution is -2.35. The molecule has 0 bridgehead atoms. The third-order valence-electron chi connectivity index (χ3n) is 1.84. The summed E-state index contributed by atoms with van der Waals surface area (Å²) in [4.78, 5) is 12.2.